The van der Waals surface area contributed by atoms with Gasteiger partial charge in [0, 0.05) is 30.4 Å². The van der Waals surface area contributed by atoms with Crippen LogP contribution in [0.5, 0.6) is 0 Å². The minimum atomic E-state index is 0.000568. The second-order valence-electron chi connectivity index (χ2n) is 6.56. The molecule has 0 radical (unpaired) electrons. The molecule has 0 spiro atoms. The van der Waals surface area contributed by atoms with Crippen LogP contribution in [0.15, 0.2) is 0 Å². The monoisotopic (exact) mass is 289 g/mol. The van der Waals surface area contributed by atoms with Crippen molar-refractivity contribution in [2.45, 2.75) is 39.7 Å². The number of amides is 1. The van der Waals surface area contributed by atoms with Gasteiger partial charge in [-0.05, 0) is 51.0 Å². The number of aromatic amines is 1. The first-order valence-electron chi connectivity index (χ1n) is 7.65. The van der Waals surface area contributed by atoms with Gasteiger partial charge < -0.3 is 15.6 Å². The molecule has 3 unspecified atom stereocenters. The van der Waals surface area contributed by atoms with Gasteiger partial charge in [0.25, 0.3) is 5.91 Å². The number of nitrogens with zero attached hydrogens (tertiary/aromatic N) is 1. The zero-order valence-corrected chi connectivity index (χ0v) is 12.9. The van der Waals surface area contributed by atoms with Crippen LogP contribution in [0, 0.1) is 25.7 Å². The molecule has 3 rings (SSSR count). The Balaban J connectivity index is 1.84. The van der Waals surface area contributed by atoms with Crippen LogP contribution < -0.4 is 5.73 Å². The summed E-state index contributed by atoms with van der Waals surface area (Å²) in [6.07, 6.45) is 2.20. The zero-order valence-electron chi connectivity index (χ0n) is 12.9. The normalized spacial score (nSPS) is 28.0. The molecule has 5 heteroatoms. The first-order valence-corrected chi connectivity index (χ1v) is 7.65. The fourth-order valence-corrected chi connectivity index (χ4v) is 4.12. The second kappa shape index (κ2) is 4.98. The van der Waals surface area contributed by atoms with E-state index < -0.39 is 0 Å². The van der Waals surface area contributed by atoms with E-state index in [0.717, 1.165) is 37.2 Å². The number of carbonyl (C=O) groups excluding carboxylic acids is 2. The number of Topliss-reactive ketones (excluding diaryl/α,β-unsaturated/α-hetero) is 1. The molecule has 0 bridgehead atoms. The number of likely N-dealkylation sites (tertiary alicyclic amines) is 1. The number of nitrogens with one attached hydrogen (secondary N) is 1. The Morgan fingerprint density at radius 2 is 1.95 bits per heavy atom. The summed E-state index contributed by atoms with van der Waals surface area (Å²) in [4.78, 5) is 29.4. The topological polar surface area (TPSA) is 79.2 Å². The van der Waals surface area contributed by atoms with Crippen LogP contribution in [-0.2, 0) is 0 Å². The lowest BCUT2D eigenvalue weighted by molar-refractivity contribution is 0.0773. The second-order valence-corrected chi connectivity index (χ2v) is 6.56. The predicted molar refractivity (Wildman–Crippen MR) is 80.4 cm³/mol. The van der Waals surface area contributed by atoms with Gasteiger partial charge in [-0.1, -0.05) is 0 Å². The summed E-state index contributed by atoms with van der Waals surface area (Å²) in [5.74, 6) is 0.996. The highest BCUT2D eigenvalue weighted by atomic mass is 16.2. The first kappa shape index (κ1) is 14.3. The fraction of sp³-hybridized carbons (Fsp3) is 0.625. The maximum Gasteiger partial charge on any atom is 0.270 e. The summed E-state index contributed by atoms with van der Waals surface area (Å²) in [6, 6.07) is 0.229. The minimum absolute atomic E-state index is 0.000568. The Bertz CT molecular complexity index is 605. The summed E-state index contributed by atoms with van der Waals surface area (Å²) >= 11 is 0. The minimum Gasteiger partial charge on any atom is -0.354 e. The number of rotatable bonds is 2. The summed E-state index contributed by atoms with van der Waals surface area (Å²) < 4.78 is 0. The standard InChI is InChI=1S/C16H23N3O2/c1-8-14(10(3)20)9(2)18-15(8)16(21)19-6-11-4-5-13(17)12(11)7-19/h11-13,18H,4-7,17H2,1-3H3. The molecule has 1 amide bonds. The van der Waals surface area contributed by atoms with E-state index in [2.05, 4.69) is 4.98 Å². The molecule has 3 atom stereocenters. The summed E-state index contributed by atoms with van der Waals surface area (Å²) in [6.45, 7) is 6.77. The number of hydrogen-bond donors (Lipinski definition) is 2. The van der Waals surface area contributed by atoms with Crippen LogP contribution in [0.1, 0.15) is 51.9 Å². The average molecular weight is 289 g/mol. The lowest BCUT2D eigenvalue weighted by Crippen LogP contribution is -2.34. The van der Waals surface area contributed by atoms with Gasteiger partial charge in [0.2, 0.25) is 0 Å². The van der Waals surface area contributed by atoms with Crippen molar-refractivity contribution >= 4 is 11.7 Å². The first-order chi connectivity index (χ1) is 9.90. The van der Waals surface area contributed by atoms with Gasteiger partial charge >= 0.3 is 0 Å². The molecule has 21 heavy (non-hydrogen) atoms. The van der Waals surface area contributed by atoms with Gasteiger partial charge in [-0.15, -0.1) is 0 Å². The molecule has 1 aliphatic carbocycles. The highest BCUT2D eigenvalue weighted by Crippen LogP contribution is 2.37. The summed E-state index contributed by atoms with van der Waals surface area (Å²) in [5, 5.41) is 0. The largest absolute Gasteiger partial charge is 0.354 e. The lowest BCUT2D eigenvalue weighted by Gasteiger charge is -2.18. The Hall–Kier alpha value is -1.62. The molecule has 114 valence electrons. The van der Waals surface area contributed by atoms with Crippen molar-refractivity contribution in [2.75, 3.05) is 13.1 Å². The van der Waals surface area contributed by atoms with Crippen molar-refractivity contribution in [1.29, 1.82) is 0 Å². The maximum atomic E-state index is 12.7. The van der Waals surface area contributed by atoms with Gasteiger partial charge in [0.05, 0.1) is 0 Å². The molecule has 1 saturated carbocycles. The van der Waals surface area contributed by atoms with Crippen molar-refractivity contribution in [3.63, 3.8) is 0 Å². The van der Waals surface area contributed by atoms with Crippen molar-refractivity contribution < 1.29 is 9.59 Å². The van der Waals surface area contributed by atoms with Gasteiger partial charge in [0.15, 0.2) is 5.78 Å². The average Bonchev–Trinajstić information content (AvgIpc) is 3.05. The Kier molecular flexibility index (Phi) is 3.40. The lowest BCUT2D eigenvalue weighted by atomic mass is 9.98. The van der Waals surface area contributed by atoms with Crippen molar-refractivity contribution in [3.05, 3.63) is 22.5 Å². The Morgan fingerprint density at radius 3 is 2.52 bits per heavy atom. The number of H-pyrrole nitrogens is 1. The maximum absolute atomic E-state index is 12.7. The molecule has 0 aromatic carbocycles. The van der Waals surface area contributed by atoms with Gasteiger partial charge in [0.1, 0.15) is 5.69 Å². The van der Waals surface area contributed by atoms with Gasteiger partial charge in [-0.25, -0.2) is 0 Å². The van der Waals surface area contributed by atoms with Crippen LogP contribution in [0.2, 0.25) is 0 Å². The molecule has 2 aliphatic rings. The third-order valence-corrected chi connectivity index (χ3v) is 5.20. The number of nitrogens with two attached hydrogens (primary N) is 1. The van der Waals surface area contributed by atoms with E-state index >= 15 is 0 Å². The quantitative estimate of drug-likeness (QED) is 0.812. The summed E-state index contributed by atoms with van der Waals surface area (Å²) in [5.41, 5.74) is 8.88. The van der Waals surface area contributed by atoms with Crippen LogP contribution in [0.4, 0.5) is 0 Å². The number of carbonyl (C=O) groups is 2. The number of fused-ring (bicyclic) bond motifs is 1. The smallest absolute Gasteiger partial charge is 0.270 e. The van der Waals surface area contributed by atoms with E-state index in [1.54, 1.807) is 0 Å². The fourth-order valence-electron chi connectivity index (χ4n) is 4.12. The highest BCUT2D eigenvalue weighted by molar-refractivity contribution is 6.02. The predicted octanol–water partition coefficient (Wildman–Crippen LogP) is 1.64. The van der Waals surface area contributed by atoms with Crippen LogP contribution >= 0.6 is 0 Å². The van der Waals surface area contributed by atoms with Crippen LogP contribution in [0.25, 0.3) is 0 Å². The third kappa shape index (κ3) is 2.20. The van der Waals surface area contributed by atoms with Crippen molar-refractivity contribution in [3.8, 4) is 0 Å². The molecule has 3 N–H and O–H groups in total. The van der Waals surface area contributed by atoms with E-state index in [4.69, 9.17) is 5.73 Å². The molecular formula is C16H23N3O2. The van der Waals surface area contributed by atoms with E-state index in [1.807, 2.05) is 18.7 Å². The molecule has 1 aromatic heterocycles. The van der Waals surface area contributed by atoms with Crippen LogP contribution in [0.3, 0.4) is 0 Å². The number of aryl methyl sites for hydroxylation is 1. The zero-order chi connectivity index (χ0) is 15.3. The van der Waals surface area contributed by atoms with Crippen LogP contribution in [-0.4, -0.2) is 40.7 Å². The molecular weight excluding hydrogens is 266 g/mol. The van der Waals surface area contributed by atoms with Gasteiger partial charge in [-0.3, -0.25) is 9.59 Å². The Labute approximate surface area is 124 Å². The molecule has 1 aromatic rings. The third-order valence-electron chi connectivity index (χ3n) is 5.20. The van der Waals surface area contributed by atoms with E-state index in [-0.39, 0.29) is 17.7 Å². The molecule has 2 heterocycles. The number of aromatic nitrogens is 1. The summed E-state index contributed by atoms with van der Waals surface area (Å²) in [7, 11) is 0. The van der Waals surface area contributed by atoms with E-state index in [9.17, 15) is 9.59 Å². The van der Waals surface area contributed by atoms with E-state index in [0.29, 0.717) is 23.1 Å². The van der Waals surface area contributed by atoms with E-state index in [1.165, 1.54) is 6.92 Å². The molecule has 2 fully saturated rings. The van der Waals surface area contributed by atoms with Gasteiger partial charge in [-0.2, -0.15) is 0 Å². The number of ketones is 1. The number of hydrogen-bond acceptors (Lipinski definition) is 3. The van der Waals surface area contributed by atoms with Crippen molar-refractivity contribution in [2.24, 2.45) is 17.6 Å². The SMILES string of the molecule is CC(=O)c1c(C)[nH]c(C(=O)N2CC3CCC(N)C3C2)c1C. The molecule has 1 aliphatic heterocycles. The highest BCUT2D eigenvalue weighted by Gasteiger charge is 2.43. The Morgan fingerprint density at radius 1 is 1.24 bits per heavy atom. The van der Waals surface area contributed by atoms with Crippen molar-refractivity contribution in [1.82, 2.24) is 9.88 Å². The molecule has 5 nitrogen and oxygen atoms in total. The molecule has 1 saturated heterocycles.